The lowest BCUT2D eigenvalue weighted by molar-refractivity contribution is 0.673. The summed E-state index contributed by atoms with van der Waals surface area (Å²) in [5, 5.41) is 4.52. The quantitative estimate of drug-likeness (QED) is 0.163. The topological polar surface area (TPSA) is 51.8 Å². The lowest BCUT2D eigenvalue weighted by Gasteiger charge is -2.10. The molecule has 0 aliphatic rings. The molecule has 0 unspecified atom stereocenters. The first-order valence-electron chi connectivity index (χ1n) is 19.8. The molecule has 0 fully saturated rings. The normalized spacial score (nSPS) is 11.4. The average Bonchev–Trinajstić information content (AvgIpc) is 3.70. The largest absolute Gasteiger partial charge is 0.455 e. The van der Waals surface area contributed by atoms with Crippen molar-refractivity contribution in [2.75, 3.05) is 0 Å². The minimum atomic E-state index is 0.641. The summed E-state index contributed by atoms with van der Waals surface area (Å²) >= 11 is 0. The number of benzene rings is 9. The summed E-state index contributed by atoms with van der Waals surface area (Å²) in [5.74, 6) is 1.94. The van der Waals surface area contributed by atoms with Gasteiger partial charge in [0.25, 0.3) is 0 Å². The number of furan rings is 1. The highest BCUT2D eigenvalue weighted by Gasteiger charge is 2.17. The smallest absolute Gasteiger partial charge is 0.164 e. The molecule has 2 heterocycles. The third-order valence-electron chi connectivity index (χ3n) is 11.2. The molecule has 59 heavy (non-hydrogen) atoms. The van der Waals surface area contributed by atoms with Gasteiger partial charge in [-0.1, -0.05) is 188 Å². The molecule has 276 valence electrons. The lowest BCUT2D eigenvalue weighted by atomic mass is 9.93. The van der Waals surface area contributed by atoms with Gasteiger partial charge in [-0.05, 0) is 74.2 Å². The van der Waals surface area contributed by atoms with Crippen LogP contribution in [0.25, 0.3) is 111 Å². The Morgan fingerprint density at radius 2 is 0.661 bits per heavy atom. The molecule has 0 amide bonds. The number of aromatic nitrogens is 3. The second kappa shape index (κ2) is 14.5. The van der Waals surface area contributed by atoms with Crippen LogP contribution in [0.2, 0.25) is 0 Å². The number of hydrogen-bond donors (Lipinski definition) is 0. The summed E-state index contributed by atoms with van der Waals surface area (Å²) in [6, 6.07) is 74.1. The average molecular weight is 754 g/mol. The fourth-order valence-electron chi connectivity index (χ4n) is 8.12. The number of hydrogen-bond acceptors (Lipinski definition) is 4. The van der Waals surface area contributed by atoms with E-state index in [9.17, 15) is 0 Å². The van der Waals surface area contributed by atoms with Crippen LogP contribution >= 0.6 is 0 Å². The Morgan fingerprint density at radius 3 is 1.25 bits per heavy atom. The maximum atomic E-state index is 6.70. The van der Waals surface area contributed by atoms with E-state index in [2.05, 4.69) is 152 Å². The van der Waals surface area contributed by atoms with Crippen LogP contribution < -0.4 is 0 Å². The van der Waals surface area contributed by atoms with Gasteiger partial charge in [-0.2, -0.15) is 0 Å². The Kier molecular flexibility index (Phi) is 8.45. The maximum absolute atomic E-state index is 6.70. The Morgan fingerprint density at radius 1 is 0.254 bits per heavy atom. The molecule has 0 spiro atoms. The molecule has 4 nitrogen and oxygen atoms in total. The molecular weight excluding hydrogens is 719 g/mol. The second-order valence-corrected chi connectivity index (χ2v) is 14.8. The first-order chi connectivity index (χ1) is 29.2. The van der Waals surface area contributed by atoms with Gasteiger partial charge >= 0.3 is 0 Å². The standard InChI is InChI=1S/C55H35N3O/c1-4-13-36(14-5-1)43-19-12-20-45(33-43)49-35-50-47-32-31-44(34-51(47)59-52(50)48-22-11-10-21-46(48)49)39-25-23-37(24-26-39)38-27-29-42(30-28-38)55-57-53(40-15-6-2-7-16-40)56-54(58-55)41-17-8-3-9-18-41/h1-35H. The van der Waals surface area contributed by atoms with E-state index in [0.717, 1.165) is 66.3 Å². The Balaban J connectivity index is 0.903. The van der Waals surface area contributed by atoms with E-state index in [1.807, 2.05) is 60.7 Å². The first-order valence-corrected chi connectivity index (χ1v) is 19.8. The zero-order chi connectivity index (χ0) is 39.1. The molecule has 4 heteroatoms. The monoisotopic (exact) mass is 753 g/mol. The van der Waals surface area contributed by atoms with E-state index >= 15 is 0 Å². The fourth-order valence-corrected chi connectivity index (χ4v) is 8.12. The van der Waals surface area contributed by atoms with Crippen LogP contribution in [0, 0.1) is 0 Å². The molecule has 0 saturated heterocycles. The van der Waals surface area contributed by atoms with E-state index in [1.54, 1.807) is 0 Å². The van der Waals surface area contributed by atoms with E-state index < -0.39 is 0 Å². The van der Waals surface area contributed by atoms with Crippen molar-refractivity contribution >= 4 is 32.7 Å². The molecule has 0 saturated carbocycles. The molecule has 0 aliphatic carbocycles. The molecular formula is C55H35N3O. The van der Waals surface area contributed by atoms with Crippen molar-refractivity contribution in [3.8, 4) is 78.7 Å². The lowest BCUT2D eigenvalue weighted by Crippen LogP contribution is -2.00. The van der Waals surface area contributed by atoms with Crippen molar-refractivity contribution in [2.45, 2.75) is 0 Å². The molecule has 0 N–H and O–H groups in total. The highest BCUT2D eigenvalue weighted by molar-refractivity contribution is 6.19. The maximum Gasteiger partial charge on any atom is 0.164 e. The predicted octanol–water partition coefficient (Wildman–Crippen LogP) is 14.6. The molecule has 11 aromatic rings. The number of rotatable bonds is 7. The van der Waals surface area contributed by atoms with E-state index in [1.165, 1.54) is 27.6 Å². The van der Waals surface area contributed by atoms with Crippen LogP contribution in [0.3, 0.4) is 0 Å². The van der Waals surface area contributed by atoms with Gasteiger partial charge in [0.15, 0.2) is 17.5 Å². The van der Waals surface area contributed by atoms with E-state index in [0.29, 0.717) is 17.5 Å². The van der Waals surface area contributed by atoms with Gasteiger partial charge in [0, 0.05) is 32.8 Å². The summed E-state index contributed by atoms with van der Waals surface area (Å²) < 4.78 is 6.70. The van der Waals surface area contributed by atoms with Crippen LogP contribution in [0.5, 0.6) is 0 Å². The van der Waals surface area contributed by atoms with Gasteiger partial charge in [-0.15, -0.1) is 0 Å². The van der Waals surface area contributed by atoms with Crippen LogP contribution in [0.1, 0.15) is 0 Å². The zero-order valence-corrected chi connectivity index (χ0v) is 32.0. The fraction of sp³-hybridized carbons (Fsp3) is 0. The van der Waals surface area contributed by atoms with E-state index in [-0.39, 0.29) is 0 Å². The van der Waals surface area contributed by atoms with E-state index in [4.69, 9.17) is 19.4 Å². The van der Waals surface area contributed by atoms with Gasteiger partial charge in [-0.25, -0.2) is 15.0 Å². The summed E-state index contributed by atoms with van der Waals surface area (Å²) in [7, 11) is 0. The summed E-state index contributed by atoms with van der Waals surface area (Å²) in [6.45, 7) is 0. The minimum Gasteiger partial charge on any atom is -0.455 e. The van der Waals surface area contributed by atoms with Crippen molar-refractivity contribution < 1.29 is 4.42 Å². The van der Waals surface area contributed by atoms with Crippen LogP contribution in [-0.2, 0) is 0 Å². The van der Waals surface area contributed by atoms with Crippen molar-refractivity contribution in [1.29, 1.82) is 0 Å². The van der Waals surface area contributed by atoms with Crippen molar-refractivity contribution in [2.24, 2.45) is 0 Å². The third kappa shape index (κ3) is 6.43. The van der Waals surface area contributed by atoms with Gasteiger partial charge in [0.1, 0.15) is 11.2 Å². The third-order valence-corrected chi connectivity index (χ3v) is 11.2. The number of nitrogens with zero attached hydrogens (tertiary/aromatic N) is 3. The predicted molar refractivity (Wildman–Crippen MR) is 243 cm³/mol. The van der Waals surface area contributed by atoms with Crippen LogP contribution in [0.15, 0.2) is 217 Å². The summed E-state index contributed by atoms with van der Waals surface area (Å²) in [6.07, 6.45) is 0. The van der Waals surface area contributed by atoms with Gasteiger partial charge in [0.2, 0.25) is 0 Å². The van der Waals surface area contributed by atoms with Crippen molar-refractivity contribution in [3.05, 3.63) is 212 Å². The molecule has 2 aromatic heterocycles. The molecule has 0 aliphatic heterocycles. The van der Waals surface area contributed by atoms with Crippen molar-refractivity contribution in [1.82, 2.24) is 15.0 Å². The van der Waals surface area contributed by atoms with Crippen molar-refractivity contribution in [3.63, 3.8) is 0 Å². The SMILES string of the molecule is c1ccc(-c2cccc(-c3cc4c5ccc(-c6ccc(-c7ccc(-c8nc(-c9ccccc9)nc(-c9ccccc9)n8)cc7)cc6)cc5oc4c4ccccc34)c2)cc1. The molecule has 0 bridgehead atoms. The van der Waals surface area contributed by atoms with Gasteiger partial charge < -0.3 is 4.42 Å². The van der Waals surface area contributed by atoms with Crippen LogP contribution in [0.4, 0.5) is 0 Å². The zero-order valence-electron chi connectivity index (χ0n) is 32.0. The molecule has 11 rings (SSSR count). The molecule has 0 atom stereocenters. The second-order valence-electron chi connectivity index (χ2n) is 14.8. The highest BCUT2D eigenvalue weighted by Crippen LogP contribution is 2.41. The Labute approximate surface area is 341 Å². The Bertz CT molecular complexity index is 3230. The Hall–Kier alpha value is -7.95. The minimum absolute atomic E-state index is 0.641. The summed E-state index contributed by atoms with van der Waals surface area (Å²) in [4.78, 5) is 14.6. The van der Waals surface area contributed by atoms with Gasteiger partial charge in [-0.3, -0.25) is 0 Å². The molecule has 9 aromatic carbocycles. The van der Waals surface area contributed by atoms with Crippen LogP contribution in [-0.4, -0.2) is 15.0 Å². The number of fused-ring (bicyclic) bond motifs is 5. The van der Waals surface area contributed by atoms with Gasteiger partial charge in [0.05, 0.1) is 0 Å². The molecule has 0 radical (unpaired) electrons. The summed E-state index contributed by atoms with van der Waals surface area (Å²) in [5.41, 5.74) is 13.9. The highest BCUT2D eigenvalue weighted by atomic mass is 16.3. The first kappa shape index (κ1) is 34.3.